The maximum absolute atomic E-state index is 6.84. The molecule has 0 spiro atoms. The Morgan fingerprint density at radius 3 is 2.88 bits per heavy atom. The van der Waals surface area contributed by atoms with Crippen LogP contribution < -0.4 is 5.73 Å². The van der Waals surface area contributed by atoms with Crippen LogP contribution in [0.3, 0.4) is 0 Å². The fourth-order valence-corrected chi connectivity index (χ4v) is 0.476. The van der Waals surface area contributed by atoms with Crippen LogP contribution in [-0.2, 0) is 13.6 Å². The Morgan fingerprint density at radius 2 is 2.62 bits per heavy atom. The van der Waals surface area contributed by atoms with Gasteiger partial charge < -0.3 is 0 Å². The summed E-state index contributed by atoms with van der Waals surface area (Å²) in [5.41, 5.74) is 7.56. The third kappa shape index (κ3) is 0.840. The number of nitrogens with zero attached hydrogens (tertiary/aromatic N) is 3. The van der Waals surface area contributed by atoms with Crippen LogP contribution in [0.4, 0.5) is 0 Å². The van der Waals surface area contributed by atoms with Crippen LogP contribution in [0.15, 0.2) is 6.20 Å². The molecule has 0 aromatic carbocycles. The number of hydrogen-bond acceptors (Lipinski definition) is 2. The zero-order valence-corrected chi connectivity index (χ0v) is 4.63. The van der Waals surface area contributed by atoms with Crippen molar-refractivity contribution in [3.8, 4) is 0 Å². The van der Waals surface area contributed by atoms with Gasteiger partial charge in [-0.1, -0.05) is 5.21 Å². The highest BCUT2D eigenvalue weighted by Crippen LogP contribution is 1.86. The van der Waals surface area contributed by atoms with E-state index in [2.05, 4.69) is 10.3 Å². The molecule has 1 radical (unpaired) electrons. The topological polar surface area (TPSA) is 54.5 Å². The molecule has 0 fully saturated rings. The second-order valence-electron chi connectivity index (χ2n) is 1.56. The van der Waals surface area contributed by atoms with E-state index in [1.807, 2.05) is 0 Å². The molecule has 0 atom stereocenters. The van der Waals surface area contributed by atoms with Crippen molar-refractivity contribution in [1.29, 1.82) is 0 Å². The van der Waals surface area contributed by atoms with Gasteiger partial charge in [-0.15, -0.1) is 5.10 Å². The Hall–Kier alpha value is -0.900. The first-order valence-electron chi connectivity index (χ1n) is 2.32. The lowest BCUT2D eigenvalue weighted by molar-refractivity contribution is 0.713. The van der Waals surface area contributed by atoms with Crippen LogP contribution in [0, 0.1) is 0 Å². The molecule has 4 nitrogen and oxygen atoms in total. The number of hydrogen-bond donors (Lipinski definition) is 0. The van der Waals surface area contributed by atoms with Crippen LogP contribution in [0.2, 0.25) is 0 Å². The molecule has 0 unspecified atom stereocenters. The molecule has 43 valence electrons. The first-order chi connectivity index (χ1) is 3.83. The predicted octanol–water partition coefficient (Wildman–Crippen LogP) is -0.402. The van der Waals surface area contributed by atoms with E-state index in [4.69, 9.17) is 5.73 Å². The second kappa shape index (κ2) is 1.92. The van der Waals surface area contributed by atoms with E-state index < -0.39 is 0 Å². The Kier molecular flexibility index (Phi) is 1.26. The van der Waals surface area contributed by atoms with Crippen LogP contribution >= 0.6 is 0 Å². The van der Waals surface area contributed by atoms with Gasteiger partial charge in [-0.3, -0.25) is 10.4 Å². The van der Waals surface area contributed by atoms with Gasteiger partial charge in [0, 0.05) is 13.2 Å². The number of aryl methyl sites for hydroxylation is 1. The monoisotopic (exact) mass is 111 g/mol. The Morgan fingerprint density at radius 1 is 1.88 bits per heavy atom. The molecule has 0 amide bonds. The molecule has 4 heteroatoms. The van der Waals surface area contributed by atoms with Crippen LogP contribution in [0.25, 0.3) is 0 Å². The molecule has 8 heavy (non-hydrogen) atoms. The van der Waals surface area contributed by atoms with Gasteiger partial charge >= 0.3 is 0 Å². The predicted molar refractivity (Wildman–Crippen MR) is 27.8 cm³/mol. The quantitative estimate of drug-likeness (QED) is 0.495. The van der Waals surface area contributed by atoms with E-state index in [1.54, 1.807) is 17.9 Å². The highest BCUT2D eigenvalue weighted by Gasteiger charge is 1.90. The van der Waals surface area contributed by atoms with E-state index in [9.17, 15) is 0 Å². The van der Waals surface area contributed by atoms with Gasteiger partial charge in [0.05, 0.1) is 12.2 Å². The molecular weight excluding hydrogens is 104 g/mol. The summed E-state index contributed by atoms with van der Waals surface area (Å²) >= 11 is 0. The minimum atomic E-state index is 0.216. The summed E-state index contributed by atoms with van der Waals surface area (Å²) in [6, 6.07) is 0. The van der Waals surface area contributed by atoms with Crippen LogP contribution in [0.1, 0.15) is 5.69 Å². The van der Waals surface area contributed by atoms with Crippen molar-refractivity contribution < 1.29 is 0 Å². The lowest BCUT2D eigenvalue weighted by atomic mass is 10.5. The maximum Gasteiger partial charge on any atom is 0.0978 e. The van der Waals surface area contributed by atoms with Gasteiger partial charge in [0.1, 0.15) is 0 Å². The largest absolute Gasteiger partial charge is 0.255 e. The molecule has 0 aliphatic carbocycles. The minimum absolute atomic E-state index is 0.216. The van der Waals surface area contributed by atoms with Crippen molar-refractivity contribution in [2.24, 2.45) is 7.05 Å². The number of aromatic nitrogens is 3. The lowest BCUT2D eigenvalue weighted by Gasteiger charge is -1.78. The SMILES string of the molecule is Cn1cc(C[NH])nn1. The Bertz CT molecular complexity index is 168. The fourth-order valence-electron chi connectivity index (χ4n) is 0.476. The first kappa shape index (κ1) is 5.24. The van der Waals surface area contributed by atoms with Gasteiger partial charge in [-0.05, 0) is 0 Å². The summed E-state index contributed by atoms with van der Waals surface area (Å²) in [5.74, 6) is 0. The highest BCUT2D eigenvalue weighted by atomic mass is 15.4. The lowest BCUT2D eigenvalue weighted by Crippen LogP contribution is -1.85. The number of rotatable bonds is 1. The van der Waals surface area contributed by atoms with Crippen molar-refractivity contribution >= 4 is 0 Å². The third-order valence-electron chi connectivity index (χ3n) is 0.831. The summed E-state index contributed by atoms with van der Waals surface area (Å²) in [5, 5.41) is 7.29. The molecule has 1 aromatic heterocycles. The standard InChI is InChI=1S/C4H7N4/c1-8-3-4(2-5)6-7-8/h3,5H,2H2,1H3. The third-order valence-corrected chi connectivity index (χ3v) is 0.831. The van der Waals surface area contributed by atoms with Gasteiger partial charge in [-0.25, -0.2) is 0 Å². The van der Waals surface area contributed by atoms with Gasteiger partial charge in [0.15, 0.2) is 0 Å². The summed E-state index contributed by atoms with van der Waals surface area (Å²) in [6.45, 7) is 0.216. The average Bonchev–Trinajstić information content (AvgIpc) is 2.14. The van der Waals surface area contributed by atoms with Gasteiger partial charge in [0.25, 0.3) is 0 Å². The number of nitrogens with one attached hydrogen (secondary N) is 1. The zero-order chi connectivity index (χ0) is 5.98. The summed E-state index contributed by atoms with van der Waals surface area (Å²) in [7, 11) is 1.78. The summed E-state index contributed by atoms with van der Waals surface area (Å²) < 4.78 is 1.59. The molecule has 0 saturated heterocycles. The fraction of sp³-hybridized carbons (Fsp3) is 0.500. The van der Waals surface area contributed by atoms with E-state index in [0.29, 0.717) is 5.69 Å². The Labute approximate surface area is 47.3 Å². The molecule has 1 aromatic rings. The summed E-state index contributed by atoms with van der Waals surface area (Å²) in [6.07, 6.45) is 1.73. The molecule has 0 aliphatic heterocycles. The average molecular weight is 111 g/mol. The van der Waals surface area contributed by atoms with Crippen LogP contribution in [-0.4, -0.2) is 15.0 Å². The van der Waals surface area contributed by atoms with Crippen LogP contribution in [0.5, 0.6) is 0 Å². The van der Waals surface area contributed by atoms with Crippen molar-refractivity contribution in [2.75, 3.05) is 0 Å². The first-order valence-corrected chi connectivity index (χ1v) is 2.32. The molecule has 0 saturated carbocycles. The van der Waals surface area contributed by atoms with Gasteiger partial charge in [-0.2, -0.15) is 0 Å². The molecule has 1 rings (SSSR count). The molecule has 0 bridgehead atoms. The van der Waals surface area contributed by atoms with E-state index in [-0.39, 0.29) is 6.54 Å². The molecule has 0 aliphatic rings. The Balaban J connectivity index is 2.84. The summed E-state index contributed by atoms with van der Waals surface area (Å²) in [4.78, 5) is 0. The maximum atomic E-state index is 6.84. The molecule has 1 heterocycles. The van der Waals surface area contributed by atoms with Crippen molar-refractivity contribution in [2.45, 2.75) is 6.54 Å². The normalized spacial score (nSPS) is 9.75. The van der Waals surface area contributed by atoms with Crippen molar-refractivity contribution in [1.82, 2.24) is 20.7 Å². The van der Waals surface area contributed by atoms with E-state index in [1.165, 1.54) is 0 Å². The smallest absolute Gasteiger partial charge is 0.0978 e. The minimum Gasteiger partial charge on any atom is -0.255 e. The van der Waals surface area contributed by atoms with Gasteiger partial charge in [0.2, 0.25) is 0 Å². The highest BCUT2D eigenvalue weighted by molar-refractivity contribution is 4.89. The van der Waals surface area contributed by atoms with Crippen molar-refractivity contribution in [3.63, 3.8) is 0 Å². The molecule has 1 N–H and O–H groups in total. The zero-order valence-electron chi connectivity index (χ0n) is 4.63. The second-order valence-corrected chi connectivity index (χ2v) is 1.56. The van der Waals surface area contributed by atoms with Crippen molar-refractivity contribution in [3.05, 3.63) is 11.9 Å². The van der Waals surface area contributed by atoms with E-state index in [0.717, 1.165) is 0 Å². The van der Waals surface area contributed by atoms with E-state index >= 15 is 0 Å². The molecular formula is C4H7N4.